The highest BCUT2D eigenvalue weighted by Crippen LogP contribution is 2.34. The molecule has 192 valence electrons. The van der Waals surface area contributed by atoms with Crippen LogP contribution in [0.3, 0.4) is 0 Å². The number of aromatic nitrogens is 2. The molecule has 0 saturated heterocycles. The number of primary amides is 1. The van der Waals surface area contributed by atoms with E-state index in [2.05, 4.69) is 14.7 Å². The Kier molecular flexibility index (Phi) is 7.24. The molecular formula is C26H28N6O3S2. The summed E-state index contributed by atoms with van der Waals surface area (Å²) in [4.78, 5) is 45.6. The van der Waals surface area contributed by atoms with E-state index in [1.807, 2.05) is 41.8 Å². The van der Waals surface area contributed by atoms with Crippen molar-refractivity contribution in [2.45, 2.75) is 50.7 Å². The molecule has 1 aromatic carbocycles. The number of aromatic amines is 1. The third-order valence-electron chi connectivity index (χ3n) is 6.75. The van der Waals surface area contributed by atoms with Gasteiger partial charge in [-0.25, -0.2) is 0 Å². The van der Waals surface area contributed by atoms with Crippen LogP contribution in [0.2, 0.25) is 0 Å². The van der Waals surface area contributed by atoms with Crippen molar-refractivity contribution < 1.29 is 14.4 Å². The van der Waals surface area contributed by atoms with Gasteiger partial charge in [0.1, 0.15) is 10.9 Å². The predicted octanol–water partition coefficient (Wildman–Crippen LogP) is 4.20. The lowest BCUT2D eigenvalue weighted by molar-refractivity contribution is -0.127. The Morgan fingerprint density at radius 2 is 1.92 bits per heavy atom. The summed E-state index contributed by atoms with van der Waals surface area (Å²) in [5, 5.41) is 5.99. The molecule has 3 aromatic heterocycles. The van der Waals surface area contributed by atoms with E-state index in [-0.39, 0.29) is 34.8 Å². The molecular weight excluding hydrogens is 508 g/mol. The highest BCUT2D eigenvalue weighted by molar-refractivity contribution is 7.10. The number of nitrogens with one attached hydrogen (secondary N) is 2. The summed E-state index contributed by atoms with van der Waals surface area (Å²) in [5.41, 5.74) is 12.9. The maximum Gasteiger partial charge on any atom is 0.270 e. The average molecular weight is 537 g/mol. The fourth-order valence-corrected chi connectivity index (χ4v) is 6.37. The minimum absolute atomic E-state index is 0.0579. The van der Waals surface area contributed by atoms with Crippen LogP contribution in [0.25, 0.3) is 10.9 Å². The van der Waals surface area contributed by atoms with Gasteiger partial charge >= 0.3 is 0 Å². The van der Waals surface area contributed by atoms with Crippen LogP contribution >= 0.6 is 22.9 Å². The standard InChI is InChI=1S/C26H28N6O3S2/c27-20-21(24(28)33)31-37-23(20)26(35)32(14-16-9-6-12-36-16)22(25(34)30-15-7-2-1-3-8-15)18-13-29-19-11-5-4-10-17(18)19/h4-6,9-13,15,22,29H,1-3,7-8,14,27H2,(H2,28,33)(H,30,34). The van der Waals surface area contributed by atoms with Crippen molar-refractivity contribution in [2.75, 3.05) is 5.73 Å². The first-order chi connectivity index (χ1) is 17.9. The number of nitrogens with zero attached hydrogens (tertiary/aromatic N) is 2. The summed E-state index contributed by atoms with van der Waals surface area (Å²) in [6.07, 6.45) is 6.90. The van der Waals surface area contributed by atoms with Crippen LogP contribution in [0.4, 0.5) is 5.69 Å². The SMILES string of the molecule is NC(=O)c1nsc(C(=O)N(Cc2cccs2)C(C(=O)NC2CCCCC2)c2c[nH]c3ccccc23)c1N. The first kappa shape index (κ1) is 25.0. The van der Waals surface area contributed by atoms with Crippen molar-refractivity contribution in [3.63, 3.8) is 0 Å². The van der Waals surface area contributed by atoms with Crippen molar-refractivity contribution in [1.29, 1.82) is 0 Å². The number of thiophene rings is 1. The van der Waals surface area contributed by atoms with Crippen LogP contribution in [-0.4, -0.2) is 38.0 Å². The molecule has 3 amide bonds. The van der Waals surface area contributed by atoms with E-state index in [0.717, 1.165) is 59.4 Å². The normalized spacial score (nSPS) is 14.9. The Labute approximate surface area is 222 Å². The molecule has 5 rings (SSSR count). The average Bonchev–Trinajstić information content (AvgIpc) is 3.64. The number of carbonyl (C=O) groups is 3. The minimum atomic E-state index is -0.939. The Morgan fingerprint density at radius 1 is 1.14 bits per heavy atom. The van der Waals surface area contributed by atoms with Crippen LogP contribution in [0.15, 0.2) is 48.0 Å². The zero-order valence-electron chi connectivity index (χ0n) is 20.1. The lowest BCUT2D eigenvalue weighted by Crippen LogP contribution is -2.46. The highest BCUT2D eigenvalue weighted by atomic mass is 32.1. The molecule has 1 aliphatic carbocycles. The first-order valence-electron chi connectivity index (χ1n) is 12.2. The maximum absolute atomic E-state index is 14.1. The number of rotatable bonds is 8. The van der Waals surface area contributed by atoms with Crippen molar-refractivity contribution in [2.24, 2.45) is 5.73 Å². The van der Waals surface area contributed by atoms with Gasteiger partial charge in [0.25, 0.3) is 11.8 Å². The van der Waals surface area contributed by atoms with Gasteiger partial charge in [-0.2, -0.15) is 4.37 Å². The van der Waals surface area contributed by atoms with Crippen molar-refractivity contribution >= 4 is 57.2 Å². The van der Waals surface area contributed by atoms with Gasteiger partial charge in [0.15, 0.2) is 5.69 Å². The van der Waals surface area contributed by atoms with Gasteiger partial charge in [-0.3, -0.25) is 14.4 Å². The van der Waals surface area contributed by atoms with Crippen LogP contribution in [0.5, 0.6) is 0 Å². The number of benzene rings is 1. The van der Waals surface area contributed by atoms with E-state index >= 15 is 0 Å². The Bertz CT molecular complexity index is 1420. The van der Waals surface area contributed by atoms with Crippen LogP contribution < -0.4 is 16.8 Å². The Balaban J connectivity index is 1.61. The molecule has 1 saturated carbocycles. The van der Waals surface area contributed by atoms with E-state index in [1.165, 1.54) is 16.2 Å². The molecule has 37 heavy (non-hydrogen) atoms. The van der Waals surface area contributed by atoms with Gasteiger partial charge in [-0.05, 0) is 41.9 Å². The number of anilines is 1. The number of hydrogen-bond acceptors (Lipinski definition) is 7. The van der Waals surface area contributed by atoms with Crippen LogP contribution in [0, 0.1) is 0 Å². The molecule has 0 bridgehead atoms. The van der Waals surface area contributed by atoms with Gasteiger partial charge in [-0.1, -0.05) is 43.5 Å². The third kappa shape index (κ3) is 5.09. The van der Waals surface area contributed by atoms with Crippen molar-refractivity contribution in [3.05, 3.63) is 69.0 Å². The molecule has 1 unspecified atom stereocenters. The third-order valence-corrected chi connectivity index (χ3v) is 8.46. The summed E-state index contributed by atoms with van der Waals surface area (Å²) >= 11 is 2.31. The molecule has 6 N–H and O–H groups in total. The summed E-state index contributed by atoms with van der Waals surface area (Å²) in [6.45, 7) is 0.183. The number of H-pyrrole nitrogens is 1. The minimum Gasteiger partial charge on any atom is -0.395 e. The smallest absolute Gasteiger partial charge is 0.270 e. The largest absolute Gasteiger partial charge is 0.395 e. The number of nitrogen functional groups attached to an aromatic ring is 1. The van der Waals surface area contributed by atoms with Crippen molar-refractivity contribution in [3.8, 4) is 0 Å². The fraction of sp³-hybridized carbons (Fsp3) is 0.308. The Morgan fingerprint density at radius 3 is 2.62 bits per heavy atom. The Hall–Kier alpha value is -3.70. The zero-order valence-corrected chi connectivity index (χ0v) is 21.7. The fourth-order valence-electron chi connectivity index (χ4n) is 4.91. The molecule has 4 aromatic rings. The second-order valence-corrected chi connectivity index (χ2v) is 11.0. The van der Waals surface area contributed by atoms with Gasteiger partial charge in [0.05, 0.1) is 12.2 Å². The first-order valence-corrected chi connectivity index (χ1v) is 13.8. The van der Waals surface area contributed by atoms with Crippen LogP contribution in [-0.2, 0) is 11.3 Å². The topological polar surface area (TPSA) is 147 Å². The monoisotopic (exact) mass is 536 g/mol. The van der Waals surface area contributed by atoms with E-state index < -0.39 is 17.9 Å². The molecule has 11 heteroatoms. The molecule has 1 fully saturated rings. The lowest BCUT2D eigenvalue weighted by Gasteiger charge is -2.32. The molecule has 1 aliphatic rings. The molecule has 9 nitrogen and oxygen atoms in total. The van der Waals surface area contributed by atoms with Gasteiger partial charge in [0.2, 0.25) is 5.91 Å². The summed E-state index contributed by atoms with van der Waals surface area (Å²) < 4.78 is 4.02. The molecule has 0 aliphatic heterocycles. The van der Waals surface area contributed by atoms with E-state index in [1.54, 1.807) is 6.20 Å². The number of nitrogens with two attached hydrogens (primary N) is 2. The second-order valence-electron chi connectivity index (χ2n) is 9.19. The van der Waals surface area contributed by atoms with Crippen molar-refractivity contribution in [1.82, 2.24) is 19.6 Å². The maximum atomic E-state index is 14.1. The number of carbonyl (C=O) groups excluding carboxylic acids is 3. The van der Waals surface area contributed by atoms with E-state index in [9.17, 15) is 14.4 Å². The summed E-state index contributed by atoms with van der Waals surface area (Å²) in [7, 11) is 0. The number of amides is 3. The van der Waals surface area contributed by atoms with Gasteiger partial charge in [-0.15, -0.1) is 11.3 Å². The second kappa shape index (κ2) is 10.7. The quantitative estimate of drug-likeness (QED) is 0.266. The number of fused-ring (bicyclic) bond motifs is 1. The molecule has 3 heterocycles. The zero-order chi connectivity index (χ0) is 25.9. The van der Waals surface area contributed by atoms with Crippen LogP contribution in [0.1, 0.15) is 68.7 Å². The van der Waals surface area contributed by atoms with Gasteiger partial charge < -0.3 is 26.7 Å². The lowest BCUT2D eigenvalue weighted by atomic mass is 9.94. The highest BCUT2D eigenvalue weighted by Gasteiger charge is 2.37. The molecule has 0 spiro atoms. The number of hydrogen-bond donors (Lipinski definition) is 4. The van der Waals surface area contributed by atoms with E-state index in [0.29, 0.717) is 5.56 Å². The summed E-state index contributed by atoms with van der Waals surface area (Å²) in [5.74, 6) is -1.54. The van der Waals surface area contributed by atoms with Gasteiger partial charge in [0, 0.05) is 33.6 Å². The predicted molar refractivity (Wildman–Crippen MR) is 145 cm³/mol. The van der Waals surface area contributed by atoms with E-state index in [4.69, 9.17) is 11.5 Å². The molecule has 1 atom stereocenters. The number of para-hydroxylation sites is 1. The molecule has 0 radical (unpaired) electrons. The summed E-state index contributed by atoms with van der Waals surface area (Å²) in [6, 6.07) is 10.6.